The van der Waals surface area contributed by atoms with Gasteiger partial charge in [0.15, 0.2) is 0 Å². The number of aromatic nitrogens is 1. The molecule has 0 unspecified atom stereocenters. The van der Waals surface area contributed by atoms with Gasteiger partial charge in [0.25, 0.3) is 5.69 Å². The average Bonchev–Trinajstić information content (AvgIpc) is 2.64. The third kappa shape index (κ3) is 4.77. The van der Waals surface area contributed by atoms with Crippen LogP contribution in [0.15, 0.2) is 42.6 Å². The second-order valence-electron chi connectivity index (χ2n) is 6.35. The summed E-state index contributed by atoms with van der Waals surface area (Å²) in [7, 11) is 0. The SMILES string of the molecule is O=C(Nc1ccc(Cl)cn1)[C@@H]1CCCN(Cc2ccc([N+](=O)[O-])cc2)C1. The summed E-state index contributed by atoms with van der Waals surface area (Å²) in [6.07, 6.45) is 3.26. The van der Waals surface area contributed by atoms with E-state index in [0.29, 0.717) is 23.9 Å². The van der Waals surface area contributed by atoms with Crippen molar-refractivity contribution in [2.24, 2.45) is 5.92 Å². The predicted molar refractivity (Wildman–Crippen MR) is 99.0 cm³/mol. The molecule has 0 radical (unpaired) electrons. The first-order valence-corrected chi connectivity index (χ1v) is 8.77. The summed E-state index contributed by atoms with van der Waals surface area (Å²) in [5, 5.41) is 14.1. The topological polar surface area (TPSA) is 88.4 Å². The smallest absolute Gasteiger partial charge is 0.269 e. The van der Waals surface area contributed by atoms with Crippen molar-refractivity contribution in [3.63, 3.8) is 0 Å². The fourth-order valence-electron chi connectivity index (χ4n) is 3.07. The molecule has 1 amide bonds. The molecule has 0 spiro atoms. The number of nitro benzene ring substituents is 1. The van der Waals surface area contributed by atoms with E-state index in [-0.39, 0.29) is 17.5 Å². The van der Waals surface area contributed by atoms with Gasteiger partial charge < -0.3 is 5.32 Å². The molecule has 1 N–H and O–H groups in total. The van der Waals surface area contributed by atoms with E-state index < -0.39 is 4.92 Å². The fraction of sp³-hybridized carbons (Fsp3) is 0.333. The van der Waals surface area contributed by atoms with Gasteiger partial charge in [-0.15, -0.1) is 0 Å². The van der Waals surface area contributed by atoms with E-state index in [2.05, 4.69) is 15.2 Å². The van der Waals surface area contributed by atoms with Crippen LogP contribution in [0.25, 0.3) is 0 Å². The third-order valence-electron chi connectivity index (χ3n) is 4.41. The number of amides is 1. The maximum absolute atomic E-state index is 12.5. The average molecular weight is 375 g/mol. The van der Waals surface area contributed by atoms with Crippen LogP contribution in [0.3, 0.4) is 0 Å². The lowest BCUT2D eigenvalue weighted by atomic mass is 9.96. The zero-order valence-electron chi connectivity index (χ0n) is 14.1. The predicted octanol–water partition coefficient (Wildman–Crippen LogP) is 3.49. The van der Waals surface area contributed by atoms with Crippen LogP contribution >= 0.6 is 11.6 Å². The highest BCUT2D eigenvalue weighted by Gasteiger charge is 2.26. The summed E-state index contributed by atoms with van der Waals surface area (Å²) in [6.45, 7) is 2.22. The van der Waals surface area contributed by atoms with Gasteiger partial charge in [-0.3, -0.25) is 19.8 Å². The van der Waals surface area contributed by atoms with E-state index in [1.807, 2.05) is 0 Å². The van der Waals surface area contributed by atoms with Crippen LogP contribution < -0.4 is 5.32 Å². The zero-order valence-corrected chi connectivity index (χ0v) is 14.9. The van der Waals surface area contributed by atoms with Crippen molar-refractivity contribution in [1.82, 2.24) is 9.88 Å². The van der Waals surface area contributed by atoms with E-state index in [4.69, 9.17) is 11.6 Å². The van der Waals surface area contributed by atoms with Crippen molar-refractivity contribution in [2.45, 2.75) is 19.4 Å². The van der Waals surface area contributed by atoms with E-state index in [9.17, 15) is 14.9 Å². The van der Waals surface area contributed by atoms with Gasteiger partial charge in [-0.2, -0.15) is 0 Å². The Morgan fingerprint density at radius 2 is 2.08 bits per heavy atom. The van der Waals surface area contributed by atoms with Gasteiger partial charge in [0, 0.05) is 31.4 Å². The van der Waals surface area contributed by atoms with Crippen LogP contribution in [0.4, 0.5) is 11.5 Å². The molecule has 0 bridgehead atoms. The molecule has 0 saturated carbocycles. The van der Waals surface area contributed by atoms with Crippen LogP contribution in [0.2, 0.25) is 5.02 Å². The van der Waals surface area contributed by atoms with Crippen LogP contribution in [0.5, 0.6) is 0 Å². The van der Waals surface area contributed by atoms with E-state index >= 15 is 0 Å². The maximum Gasteiger partial charge on any atom is 0.269 e. The molecular weight excluding hydrogens is 356 g/mol. The molecular formula is C18H19ClN4O3. The summed E-state index contributed by atoms with van der Waals surface area (Å²) in [5.41, 5.74) is 1.08. The molecule has 26 heavy (non-hydrogen) atoms. The van der Waals surface area contributed by atoms with Gasteiger partial charge in [-0.25, -0.2) is 4.98 Å². The number of nitrogens with zero attached hydrogens (tertiary/aromatic N) is 3. The molecule has 136 valence electrons. The van der Waals surface area contributed by atoms with E-state index in [1.165, 1.54) is 18.3 Å². The maximum atomic E-state index is 12.5. The number of rotatable bonds is 5. The molecule has 2 aromatic rings. The number of hydrogen-bond donors (Lipinski definition) is 1. The number of carbonyl (C=O) groups excluding carboxylic acids is 1. The second kappa shape index (κ2) is 8.25. The van der Waals surface area contributed by atoms with Gasteiger partial charge in [0.1, 0.15) is 5.82 Å². The number of pyridine rings is 1. The highest BCUT2D eigenvalue weighted by molar-refractivity contribution is 6.30. The van der Waals surface area contributed by atoms with Crippen LogP contribution in [0.1, 0.15) is 18.4 Å². The summed E-state index contributed by atoms with van der Waals surface area (Å²) in [6, 6.07) is 9.91. The van der Waals surface area contributed by atoms with Crippen LogP contribution in [-0.2, 0) is 11.3 Å². The standard InChI is InChI=1S/C18H19ClN4O3/c19-15-5-8-17(20-10-15)21-18(24)14-2-1-9-22(12-14)11-13-3-6-16(7-4-13)23(25)26/h3-8,10,14H,1-2,9,11-12H2,(H,20,21,24)/t14-/m1/s1. The summed E-state index contributed by atoms with van der Waals surface area (Å²) in [4.78, 5) is 29.1. The number of benzene rings is 1. The summed E-state index contributed by atoms with van der Waals surface area (Å²) < 4.78 is 0. The fourth-order valence-corrected chi connectivity index (χ4v) is 3.18. The minimum Gasteiger partial charge on any atom is -0.310 e. The van der Waals surface area contributed by atoms with Gasteiger partial charge >= 0.3 is 0 Å². The highest BCUT2D eigenvalue weighted by Crippen LogP contribution is 2.21. The number of halogens is 1. The first-order valence-electron chi connectivity index (χ1n) is 8.39. The monoisotopic (exact) mass is 374 g/mol. The molecule has 1 aliphatic heterocycles. The number of nitro groups is 1. The number of anilines is 1. The van der Waals surface area contributed by atoms with Crippen molar-refractivity contribution in [3.05, 3.63) is 63.3 Å². The highest BCUT2D eigenvalue weighted by atomic mass is 35.5. The molecule has 1 saturated heterocycles. The summed E-state index contributed by atoms with van der Waals surface area (Å²) >= 11 is 5.80. The Hall–Kier alpha value is -2.51. The van der Waals surface area contributed by atoms with Gasteiger partial charge in [-0.1, -0.05) is 23.7 Å². The van der Waals surface area contributed by atoms with Gasteiger partial charge in [0.05, 0.1) is 15.9 Å². The number of nitrogens with one attached hydrogen (secondary N) is 1. The normalized spacial score (nSPS) is 17.7. The summed E-state index contributed by atoms with van der Waals surface area (Å²) in [5.74, 6) is 0.333. The molecule has 0 aliphatic carbocycles. The Morgan fingerprint density at radius 1 is 1.31 bits per heavy atom. The lowest BCUT2D eigenvalue weighted by molar-refractivity contribution is -0.384. The lowest BCUT2D eigenvalue weighted by Crippen LogP contribution is -2.40. The Labute approximate surface area is 156 Å². The van der Waals surface area contributed by atoms with Gasteiger partial charge in [-0.05, 0) is 37.1 Å². The molecule has 3 rings (SSSR count). The quantitative estimate of drug-likeness (QED) is 0.639. The second-order valence-corrected chi connectivity index (χ2v) is 6.79. The van der Waals surface area contributed by atoms with Crippen LogP contribution in [0, 0.1) is 16.0 Å². The lowest BCUT2D eigenvalue weighted by Gasteiger charge is -2.31. The van der Waals surface area contributed by atoms with Gasteiger partial charge in [0.2, 0.25) is 5.91 Å². The van der Waals surface area contributed by atoms with Crippen molar-refractivity contribution >= 4 is 29.0 Å². The zero-order chi connectivity index (χ0) is 18.5. The largest absolute Gasteiger partial charge is 0.310 e. The minimum atomic E-state index is -0.407. The first kappa shape index (κ1) is 18.3. The molecule has 1 aliphatic rings. The molecule has 1 aromatic carbocycles. The molecule has 1 fully saturated rings. The molecule has 1 atom stereocenters. The molecule has 8 heteroatoms. The number of carbonyl (C=O) groups is 1. The van der Waals surface area contributed by atoms with Crippen molar-refractivity contribution in [1.29, 1.82) is 0 Å². The Morgan fingerprint density at radius 3 is 2.73 bits per heavy atom. The van der Waals surface area contributed by atoms with Crippen LogP contribution in [-0.4, -0.2) is 33.8 Å². The molecule has 1 aromatic heterocycles. The Balaban J connectivity index is 1.57. The van der Waals surface area contributed by atoms with E-state index in [1.54, 1.807) is 24.3 Å². The molecule has 7 nitrogen and oxygen atoms in total. The first-order chi connectivity index (χ1) is 12.5. The van der Waals surface area contributed by atoms with Crippen molar-refractivity contribution < 1.29 is 9.72 Å². The number of hydrogen-bond acceptors (Lipinski definition) is 5. The van der Waals surface area contributed by atoms with E-state index in [0.717, 1.165) is 24.9 Å². The van der Waals surface area contributed by atoms with Crippen molar-refractivity contribution in [3.8, 4) is 0 Å². The third-order valence-corrected chi connectivity index (χ3v) is 4.63. The Bertz CT molecular complexity index is 780. The minimum absolute atomic E-state index is 0.0479. The van der Waals surface area contributed by atoms with Crippen molar-refractivity contribution in [2.75, 3.05) is 18.4 Å². The number of likely N-dealkylation sites (tertiary alicyclic amines) is 1. The molecule has 2 heterocycles. The number of piperidine rings is 1. The Kier molecular flexibility index (Phi) is 5.80. The number of non-ortho nitro benzene ring substituents is 1.